The molecule has 0 aliphatic carbocycles. The topological polar surface area (TPSA) is 99.5 Å². The SMILES string of the molecule is CN(C)S(=O)(=O)c1ccc(OCC(=O)Nc2cccc(C#N)c2)cc1. The van der Waals surface area contributed by atoms with Crippen molar-refractivity contribution in [3.05, 3.63) is 54.1 Å². The van der Waals surface area contributed by atoms with E-state index in [1.54, 1.807) is 24.3 Å². The number of amides is 1. The van der Waals surface area contributed by atoms with Crippen LogP contribution in [0.5, 0.6) is 5.75 Å². The lowest BCUT2D eigenvalue weighted by Crippen LogP contribution is -2.22. The Hall–Kier alpha value is -2.89. The summed E-state index contributed by atoms with van der Waals surface area (Å²) in [5.41, 5.74) is 0.941. The van der Waals surface area contributed by atoms with Crippen LogP contribution >= 0.6 is 0 Å². The van der Waals surface area contributed by atoms with Crippen LogP contribution in [0.4, 0.5) is 5.69 Å². The van der Waals surface area contributed by atoms with Gasteiger partial charge in [0.25, 0.3) is 5.91 Å². The summed E-state index contributed by atoms with van der Waals surface area (Å²) >= 11 is 0. The van der Waals surface area contributed by atoms with Gasteiger partial charge in [0.1, 0.15) is 5.75 Å². The van der Waals surface area contributed by atoms with Gasteiger partial charge in [-0.25, -0.2) is 12.7 Å². The van der Waals surface area contributed by atoms with E-state index in [1.165, 1.54) is 38.4 Å². The molecule has 130 valence electrons. The molecule has 7 nitrogen and oxygen atoms in total. The third kappa shape index (κ3) is 4.79. The number of carbonyl (C=O) groups is 1. The molecule has 0 aromatic heterocycles. The first-order valence-electron chi connectivity index (χ1n) is 7.28. The van der Waals surface area contributed by atoms with Gasteiger partial charge >= 0.3 is 0 Å². The Morgan fingerprint density at radius 3 is 2.48 bits per heavy atom. The van der Waals surface area contributed by atoms with E-state index in [-0.39, 0.29) is 17.4 Å². The summed E-state index contributed by atoms with van der Waals surface area (Å²) in [5.74, 6) is -0.0151. The second-order valence-corrected chi connectivity index (χ2v) is 7.44. The molecule has 25 heavy (non-hydrogen) atoms. The number of anilines is 1. The number of hydrogen-bond donors (Lipinski definition) is 1. The number of ether oxygens (including phenoxy) is 1. The number of carbonyl (C=O) groups excluding carboxylic acids is 1. The maximum atomic E-state index is 12.0. The quantitative estimate of drug-likeness (QED) is 0.848. The fourth-order valence-electron chi connectivity index (χ4n) is 1.93. The van der Waals surface area contributed by atoms with Crippen molar-refractivity contribution >= 4 is 21.6 Å². The molecule has 1 amide bonds. The molecule has 0 fully saturated rings. The van der Waals surface area contributed by atoms with Crippen molar-refractivity contribution in [2.75, 3.05) is 26.0 Å². The summed E-state index contributed by atoms with van der Waals surface area (Å²) in [4.78, 5) is 12.0. The van der Waals surface area contributed by atoms with E-state index in [0.29, 0.717) is 17.0 Å². The zero-order chi connectivity index (χ0) is 18.4. The van der Waals surface area contributed by atoms with E-state index in [2.05, 4.69) is 5.32 Å². The van der Waals surface area contributed by atoms with Crippen molar-refractivity contribution in [1.82, 2.24) is 4.31 Å². The molecule has 0 spiro atoms. The lowest BCUT2D eigenvalue weighted by Gasteiger charge is -2.12. The normalized spacial score (nSPS) is 11.0. The highest BCUT2D eigenvalue weighted by molar-refractivity contribution is 7.89. The van der Waals surface area contributed by atoms with Crippen LogP contribution in [0.3, 0.4) is 0 Å². The molecule has 0 saturated heterocycles. The molecule has 2 aromatic carbocycles. The standard InChI is InChI=1S/C17H17N3O4S/c1-20(2)25(22,23)16-8-6-15(7-9-16)24-12-17(21)19-14-5-3-4-13(10-14)11-18/h3-10H,12H2,1-2H3,(H,19,21). The van der Waals surface area contributed by atoms with E-state index in [1.807, 2.05) is 6.07 Å². The van der Waals surface area contributed by atoms with E-state index in [4.69, 9.17) is 10.00 Å². The molecule has 0 radical (unpaired) electrons. The van der Waals surface area contributed by atoms with Crippen LogP contribution in [0.25, 0.3) is 0 Å². The van der Waals surface area contributed by atoms with Crippen molar-refractivity contribution < 1.29 is 17.9 Å². The molecule has 2 aromatic rings. The van der Waals surface area contributed by atoms with Crippen molar-refractivity contribution in [3.8, 4) is 11.8 Å². The molecular weight excluding hydrogens is 342 g/mol. The third-order valence-electron chi connectivity index (χ3n) is 3.25. The predicted molar refractivity (Wildman–Crippen MR) is 92.6 cm³/mol. The molecule has 8 heteroatoms. The zero-order valence-corrected chi connectivity index (χ0v) is 14.6. The second kappa shape index (κ2) is 7.79. The summed E-state index contributed by atoms with van der Waals surface area (Å²) in [6.07, 6.45) is 0. The summed E-state index contributed by atoms with van der Waals surface area (Å²) in [5, 5.41) is 11.4. The van der Waals surface area contributed by atoms with Crippen LogP contribution in [-0.2, 0) is 14.8 Å². The van der Waals surface area contributed by atoms with Gasteiger partial charge in [-0.1, -0.05) is 6.07 Å². The Morgan fingerprint density at radius 2 is 1.88 bits per heavy atom. The number of rotatable bonds is 6. The van der Waals surface area contributed by atoms with Crippen molar-refractivity contribution in [3.63, 3.8) is 0 Å². The van der Waals surface area contributed by atoms with Crippen LogP contribution in [0.15, 0.2) is 53.4 Å². The first-order valence-corrected chi connectivity index (χ1v) is 8.72. The molecule has 0 bridgehead atoms. The van der Waals surface area contributed by atoms with Gasteiger partial charge < -0.3 is 10.1 Å². The van der Waals surface area contributed by atoms with Gasteiger partial charge in [-0.3, -0.25) is 4.79 Å². The minimum absolute atomic E-state index is 0.141. The number of hydrogen-bond acceptors (Lipinski definition) is 5. The van der Waals surface area contributed by atoms with E-state index in [9.17, 15) is 13.2 Å². The summed E-state index contributed by atoms with van der Waals surface area (Å²) < 4.78 is 30.4. The minimum atomic E-state index is -3.50. The third-order valence-corrected chi connectivity index (χ3v) is 5.08. The Kier molecular flexibility index (Phi) is 5.75. The highest BCUT2D eigenvalue weighted by Crippen LogP contribution is 2.18. The van der Waals surface area contributed by atoms with Crippen molar-refractivity contribution in [2.24, 2.45) is 0 Å². The Balaban J connectivity index is 1.95. The van der Waals surface area contributed by atoms with Gasteiger partial charge in [-0.2, -0.15) is 5.26 Å². The molecule has 0 saturated carbocycles. The van der Waals surface area contributed by atoms with Gasteiger partial charge in [-0.15, -0.1) is 0 Å². The average Bonchev–Trinajstić information content (AvgIpc) is 2.60. The largest absolute Gasteiger partial charge is 0.484 e. The average molecular weight is 359 g/mol. The lowest BCUT2D eigenvalue weighted by molar-refractivity contribution is -0.118. The first kappa shape index (κ1) is 18.4. The maximum absolute atomic E-state index is 12.0. The van der Waals surface area contributed by atoms with Crippen LogP contribution < -0.4 is 10.1 Å². The second-order valence-electron chi connectivity index (χ2n) is 5.29. The van der Waals surface area contributed by atoms with Crippen LogP contribution in [0.1, 0.15) is 5.56 Å². The van der Waals surface area contributed by atoms with E-state index < -0.39 is 10.0 Å². The Bertz CT molecular complexity index is 900. The van der Waals surface area contributed by atoms with E-state index in [0.717, 1.165) is 4.31 Å². The highest BCUT2D eigenvalue weighted by Gasteiger charge is 2.16. The number of benzene rings is 2. The van der Waals surface area contributed by atoms with Crippen molar-refractivity contribution in [1.29, 1.82) is 5.26 Å². The van der Waals surface area contributed by atoms with Gasteiger partial charge in [0.05, 0.1) is 16.5 Å². The monoisotopic (exact) mass is 359 g/mol. The Labute approximate surface area is 146 Å². The smallest absolute Gasteiger partial charge is 0.262 e. The van der Waals surface area contributed by atoms with Crippen LogP contribution in [-0.4, -0.2) is 39.3 Å². The molecule has 1 N–H and O–H groups in total. The first-order chi connectivity index (χ1) is 11.8. The summed E-state index contributed by atoms with van der Waals surface area (Å²) in [7, 11) is -0.601. The molecule has 2 rings (SSSR count). The van der Waals surface area contributed by atoms with E-state index >= 15 is 0 Å². The van der Waals surface area contributed by atoms with Gasteiger partial charge in [-0.05, 0) is 42.5 Å². The van der Waals surface area contributed by atoms with Gasteiger partial charge in [0.2, 0.25) is 10.0 Å². The molecule has 0 heterocycles. The number of nitrogens with zero attached hydrogens (tertiary/aromatic N) is 2. The Morgan fingerprint density at radius 1 is 1.20 bits per heavy atom. The maximum Gasteiger partial charge on any atom is 0.262 e. The van der Waals surface area contributed by atoms with Gasteiger partial charge in [0, 0.05) is 19.8 Å². The summed E-state index contributed by atoms with van der Waals surface area (Å²) in [6.45, 7) is -0.240. The molecule has 0 unspecified atom stereocenters. The highest BCUT2D eigenvalue weighted by atomic mass is 32.2. The minimum Gasteiger partial charge on any atom is -0.484 e. The lowest BCUT2D eigenvalue weighted by atomic mass is 10.2. The van der Waals surface area contributed by atoms with Crippen molar-refractivity contribution in [2.45, 2.75) is 4.90 Å². The fraction of sp³-hybridized carbons (Fsp3) is 0.176. The van der Waals surface area contributed by atoms with Gasteiger partial charge in [0.15, 0.2) is 6.61 Å². The predicted octanol–water partition coefficient (Wildman–Crippen LogP) is 1.83. The number of nitriles is 1. The number of sulfonamides is 1. The summed E-state index contributed by atoms with van der Waals surface area (Å²) in [6, 6.07) is 14.3. The molecule has 0 aliphatic heterocycles. The molecule has 0 atom stereocenters. The molecule has 0 aliphatic rings. The zero-order valence-electron chi connectivity index (χ0n) is 13.8. The fourth-order valence-corrected chi connectivity index (χ4v) is 2.83. The molecular formula is C17H17N3O4S. The van der Waals surface area contributed by atoms with Crippen LogP contribution in [0.2, 0.25) is 0 Å². The van der Waals surface area contributed by atoms with Crippen LogP contribution in [0, 0.1) is 11.3 Å². The number of nitrogens with one attached hydrogen (secondary N) is 1.